The molecule has 0 spiro atoms. The lowest BCUT2D eigenvalue weighted by molar-refractivity contribution is 0.102. The van der Waals surface area contributed by atoms with Crippen molar-refractivity contribution in [2.24, 2.45) is 0 Å². The quantitative estimate of drug-likeness (QED) is 0.284. The second kappa shape index (κ2) is 8.67. The normalized spacial score (nSPS) is 11.1. The highest BCUT2D eigenvalue weighted by molar-refractivity contribution is 6.05. The SMILES string of the molecule is Cc1ccc2nc(-c3ccc(NC(=O)c4cccc(-c5cc6ccccc6oc5=O)c4)cc3)oc2c1. The van der Waals surface area contributed by atoms with E-state index in [0.717, 1.165) is 27.6 Å². The number of amides is 1. The van der Waals surface area contributed by atoms with Crippen LogP contribution in [0.1, 0.15) is 15.9 Å². The summed E-state index contributed by atoms with van der Waals surface area (Å²) in [4.78, 5) is 30.0. The second-order valence-electron chi connectivity index (χ2n) is 8.59. The number of anilines is 1. The zero-order valence-corrected chi connectivity index (χ0v) is 19.3. The third-order valence-electron chi connectivity index (χ3n) is 6.01. The van der Waals surface area contributed by atoms with Crippen LogP contribution in [0, 0.1) is 6.92 Å². The third-order valence-corrected chi connectivity index (χ3v) is 6.01. The van der Waals surface area contributed by atoms with Gasteiger partial charge in [-0.05, 0) is 78.7 Å². The number of fused-ring (bicyclic) bond motifs is 2. The number of carbonyl (C=O) groups excluding carboxylic acids is 1. The zero-order valence-electron chi connectivity index (χ0n) is 19.3. The summed E-state index contributed by atoms with van der Waals surface area (Å²) in [5.74, 6) is 0.238. The second-order valence-corrected chi connectivity index (χ2v) is 8.59. The highest BCUT2D eigenvalue weighted by Crippen LogP contribution is 2.27. The van der Waals surface area contributed by atoms with E-state index in [1.54, 1.807) is 48.5 Å². The predicted octanol–water partition coefficient (Wildman–Crippen LogP) is 6.83. The lowest BCUT2D eigenvalue weighted by Gasteiger charge is -2.08. The third kappa shape index (κ3) is 4.05. The van der Waals surface area contributed by atoms with Gasteiger partial charge < -0.3 is 14.2 Å². The molecule has 0 atom stereocenters. The lowest BCUT2D eigenvalue weighted by Crippen LogP contribution is -2.12. The van der Waals surface area contributed by atoms with E-state index < -0.39 is 5.63 Å². The molecule has 2 aromatic heterocycles. The van der Waals surface area contributed by atoms with Crippen LogP contribution in [-0.4, -0.2) is 10.9 Å². The first-order chi connectivity index (χ1) is 17.5. The fraction of sp³-hybridized carbons (Fsp3) is 0.0333. The number of aromatic nitrogens is 1. The Morgan fingerprint density at radius 1 is 0.778 bits per heavy atom. The van der Waals surface area contributed by atoms with Crippen LogP contribution < -0.4 is 10.9 Å². The van der Waals surface area contributed by atoms with Crippen LogP contribution >= 0.6 is 0 Å². The van der Waals surface area contributed by atoms with Crippen LogP contribution in [0.25, 0.3) is 44.7 Å². The first-order valence-electron chi connectivity index (χ1n) is 11.5. The van der Waals surface area contributed by atoms with E-state index in [2.05, 4.69) is 10.3 Å². The Hall–Kier alpha value is -4.97. The molecule has 36 heavy (non-hydrogen) atoms. The summed E-state index contributed by atoms with van der Waals surface area (Å²) in [6.07, 6.45) is 0. The van der Waals surface area contributed by atoms with Crippen LogP contribution in [0.5, 0.6) is 0 Å². The first kappa shape index (κ1) is 21.6. The molecule has 1 amide bonds. The van der Waals surface area contributed by atoms with Crippen molar-refractivity contribution < 1.29 is 13.6 Å². The number of carbonyl (C=O) groups is 1. The van der Waals surface area contributed by atoms with Crippen molar-refractivity contribution in [1.29, 1.82) is 0 Å². The maximum atomic E-state index is 13.0. The Labute approximate surface area is 205 Å². The monoisotopic (exact) mass is 472 g/mol. The molecular weight excluding hydrogens is 452 g/mol. The number of para-hydroxylation sites is 1. The molecule has 0 aliphatic heterocycles. The largest absolute Gasteiger partial charge is 0.436 e. The van der Waals surface area contributed by atoms with Gasteiger partial charge in [-0.3, -0.25) is 4.79 Å². The highest BCUT2D eigenvalue weighted by atomic mass is 16.4. The summed E-state index contributed by atoms with van der Waals surface area (Å²) < 4.78 is 11.3. The number of aryl methyl sites for hydroxylation is 1. The molecule has 2 heterocycles. The Morgan fingerprint density at radius 2 is 1.61 bits per heavy atom. The predicted molar refractivity (Wildman–Crippen MR) is 140 cm³/mol. The maximum Gasteiger partial charge on any atom is 0.344 e. The number of oxazole rings is 1. The van der Waals surface area contributed by atoms with E-state index in [-0.39, 0.29) is 5.91 Å². The average molecular weight is 473 g/mol. The average Bonchev–Trinajstić information content (AvgIpc) is 3.32. The minimum absolute atomic E-state index is 0.285. The van der Waals surface area contributed by atoms with Gasteiger partial charge in [-0.1, -0.05) is 36.4 Å². The van der Waals surface area contributed by atoms with Crippen molar-refractivity contribution in [3.63, 3.8) is 0 Å². The lowest BCUT2D eigenvalue weighted by atomic mass is 10.0. The zero-order chi connectivity index (χ0) is 24.6. The molecule has 1 N–H and O–H groups in total. The molecule has 0 fully saturated rings. The molecule has 0 saturated heterocycles. The van der Waals surface area contributed by atoms with Gasteiger partial charge in [0.2, 0.25) is 5.89 Å². The Kier molecular flexibility index (Phi) is 5.19. The van der Waals surface area contributed by atoms with Crippen molar-refractivity contribution in [3.8, 4) is 22.6 Å². The van der Waals surface area contributed by atoms with E-state index >= 15 is 0 Å². The fourth-order valence-corrected chi connectivity index (χ4v) is 4.15. The summed E-state index contributed by atoms with van der Waals surface area (Å²) in [7, 11) is 0. The van der Waals surface area contributed by atoms with Crippen molar-refractivity contribution in [2.45, 2.75) is 6.92 Å². The molecule has 6 nitrogen and oxygen atoms in total. The summed E-state index contributed by atoms with van der Waals surface area (Å²) in [5.41, 5.74) is 5.61. The van der Waals surface area contributed by atoms with Gasteiger partial charge in [0.05, 0.1) is 5.56 Å². The molecule has 6 aromatic rings. The molecule has 174 valence electrons. The minimum Gasteiger partial charge on any atom is -0.436 e. The number of hydrogen-bond donors (Lipinski definition) is 1. The van der Waals surface area contributed by atoms with Crippen LogP contribution in [-0.2, 0) is 0 Å². The highest BCUT2D eigenvalue weighted by Gasteiger charge is 2.13. The van der Waals surface area contributed by atoms with E-state index in [0.29, 0.717) is 33.9 Å². The molecule has 0 radical (unpaired) electrons. The molecule has 0 unspecified atom stereocenters. The van der Waals surface area contributed by atoms with Crippen molar-refractivity contribution in [1.82, 2.24) is 4.98 Å². The molecule has 6 heteroatoms. The van der Waals surface area contributed by atoms with Gasteiger partial charge in [0.1, 0.15) is 11.1 Å². The number of benzene rings is 4. The summed E-state index contributed by atoms with van der Waals surface area (Å²) >= 11 is 0. The van der Waals surface area contributed by atoms with Crippen molar-refractivity contribution in [3.05, 3.63) is 119 Å². The Bertz CT molecular complexity index is 1810. The van der Waals surface area contributed by atoms with Gasteiger partial charge in [-0.2, -0.15) is 0 Å². The molecule has 0 bridgehead atoms. The summed E-state index contributed by atoms with van der Waals surface area (Å²) in [6, 6.07) is 29.2. The summed E-state index contributed by atoms with van der Waals surface area (Å²) in [6.45, 7) is 2.01. The van der Waals surface area contributed by atoms with Crippen LogP contribution in [0.15, 0.2) is 111 Å². The van der Waals surface area contributed by atoms with E-state index in [9.17, 15) is 9.59 Å². The minimum atomic E-state index is -0.448. The van der Waals surface area contributed by atoms with Crippen LogP contribution in [0.3, 0.4) is 0 Å². The smallest absolute Gasteiger partial charge is 0.344 e. The van der Waals surface area contributed by atoms with Gasteiger partial charge in [0.15, 0.2) is 5.58 Å². The van der Waals surface area contributed by atoms with Gasteiger partial charge in [-0.25, -0.2) is 9.78 Å². The number of rotatable bonds is 4. The molecule has 0 saturated carbocycles. The van der Waals surface area contributed by atoms with Crippen molar-refractivity contribution in [2.75, 3.05) is 5.32 Å². The first-order valence-corrected chi connectivity index (χ1v) is 11.5. The summed E-state index contributed by atoms with van der Waals surface area (Å²) in [5, 5.41) is 3.72. The Morgan fingerprint density at radius 3 is 2.47 bits per heavy atom. The van der Waals surface area contributed by atoms with Crippen LogP contribution in [0.2, 0.25) is 0 Å². The van der Waals surface area contributed by atoms with E-state index in [1.165, 1.54) is 0 Å². The topological polar surface area (TPSA) is 85.3 Å². The molecule has 6 rings (SSSR count). The van der Waals surface area contributed by atoms with E-state index in [4.69, 9.17) is 8.83 Å². The number of nitrogens with one attached hydrogen (secondary N) is 1. The van der Waals surface area contributed by atoms with Gasteiger partial charge in [-0.15, -0.1) is 0 Å². The van der Waals surface area contributed by atoms with Crippen LogP contribution in [0.4, 0.5) is 5.69 Å². The van der Waals surface area contributed by atoms with Gasteiger partial charge >= 0.3 is 5.63 Å². The number of hydrogen-bond acceptors (Lipinski definition) is 5. The van der Waals surface area contributed by atoms with E-state index in [1.807, 2.05) is 55.5 Å². The molecule has 0 aliphatic rings. The maximum absolute atomic E-state index is 13.0. The molecule has 4 aromatic carbocycles. The molecule has 0 aliphatic carbocycles. The molecular formula is C30H20N2O4. The van der Waals surface area contributed by atoms with Gasteiger partial charge in [0.25, 0.3) is 5.91 Å². The Balaban J connectivity index is 1.23. The standard InChI is InChI=1S/C30H20N2O4/c1-18-9-14-25-27(15-18)35-29(32-25)19-10-12-23(13-11-19)31-28(33)22-7-4-6-20(16-22)24-17-21-5-2-3-8-26(21)36-30(24)34/h2-17H,1H3,(H,31,33). The number of nitrogens with zero attached hydrogens (tertiary/aromatic N) is 1. The van der Waals surface area contributed by atoms with Crippen molar-refractivity contribution >= 4 is 33.7 Å². The van der Waals surface area contributed by atoms with Gasteiger partial charge in [0, 0.05) is 22.2 Å². The fourth-order valence-electron chi connectivity index (χ4n) is 4.15.